The maximum absolute atomic E-state index is 12.1. The van der Waals surface area contributed by atoms with Crippen LogP contribution in [0.5, 0.6) is 0 Å². The molecule has 2 aromatic carbocycles. The van der Waals surface area contributed by atoms with Gasteiger partial charge in [0, 0.05) is 35.7 Å². The zero-order valence-electron chi connectivity index (χ0n) is 30.1. The van der Waals surface area contributed by atoms with Gasteiger partial charge in [0.25, 0.3) is 0 Å². The van der Waals surface area contributed by atoms with Crippen molar-refractivity contribution in [3.8, 4) is 22.6 Å². The molecule has 3 aromatic rings. The number of hydrogen-bond donors (Lipinski definition) is 2. The van der Waals surface area contributed by atoms with Crippen LogP contribution in [0.3, 0.4) is 0 Å². The van der Waals surface area contributed by atoms with Gasteiger partial charge < -0.3 is 13.3 Å². The third-order valence-electron chi connectivity index (χ3n) is 9.24. The fourth-order valence-electron chi connectivity index (χ4n) is 4.50. The lowest BCUT2D eigenvalue weighted by molar-refractivity contribution is 0.292. The van der Waals surface area contributed by atoms with Crippen LogP contribution in [0.25, 0.3) is 22.6 Å². The van der Waals surface area contributed by atoms with Gasteiger partial charge in [-0.15, -0.1) is 0 Å². The van der Waals surface area contributed by atoms with Gasteiger partial charge in [-0.05, 0) is 96.6 Å². The number of anilines is 2. The lowest BCUT2D eigenvalue weighted by atomic mass is 10.0. The van der Waals surface area contributed by atoms with Gasteiger partial charge in [0.2, 0.25) is 20.0 Å². The average Bonchev–Trinajstić information content (AvgIpc) is 3.37. The summed E-state index contributed by atoms with van der Waals surface area (Å²) in [6.07, 6.45) is 3.46. The summed E-state index contributed by atoms with van der Waals surface area (Å²) in [5.74, 6) is 1.12. The Morgan fingerprint density at radius 2 is 0.957 bits per heavy atom. The number of rotatable bonds is 14. The summed E-state index contributed by atoms with van der Waals surface area (Å²) in [5, 5.41) is 0.145. The van der Waals surface area contributed by atoms with Crippen molar-refractivity contribution in [2.45, 2.75) is 90.6 Å². The van der Waals surface area contributed by atoms with Gasteiger partial charge in [-0.1, -0.05) is 53.7 Å². The van der Waals surface area contributed by atoms with Gasteiger partial charge in [-0.3, -0.25) is 9.44 Å². The Hall–Kier alpha value is -2.43. The number of furan rings is 1. The molecule has 13 heteroatoms. The van der Waals surface area contributed by atoms with E-state index in [1.807, 2.05) is 24.3 Å². The molecule has 9 nitrogen and oxygen atoms in total. The van der Waals surface area contributed by atoms with Gasteiger partial charge in [-0.2, -0.15) is 0 Å². The maximum Gasteiger partial charge on any atom is 0.229 e. The van der Waals surface area contributed by atoms with Crippen LogP contribution in [-0.4, -0.2) is 59.2 Å². The van der Waals surface area contributed by atoms with Crippen molar-refractivity contribution in [3.05, 3.63) is 59.7 Å². The molecule has 0 saturated carbocycles. The molecule has 262 valence electrons. The molecule has 0 aliphatic rings. The van der Waals surface area contributed by atoms with Gasteiger partial charge in [0.1, 0.15) is 11.5 Å². The van der Waals surface area contributed by atoms with Crippen LogP contribution in [0.4, 0.5) is 11.4 Å². The highest BCUT2D eigenvalue weighted by Crippen LogP contribution is 2.39. The zero-order chi connectivity index (χ0) is 35.6. The van der Waals surface area contributed by atoms with Crippen LogP contribution in [0.15, 0.2) is 52.9 Å². The second-order valence-corrected chi connectivity index (χ2v) is 28.5. The Morgan fingerprint density at radius 3 is 1.26 bits per heavy atom. The summed E-state index contributed by atoms with van der Waals surface area (Å²) < 4.78 is 72.8. The van der Waals surface area contributed by atoms with Crippen molar-refractivity contribution in [3.63, 3.8) is 0 Å². The topological polar surface area (TPSA) is 124 Å². The molecular formula is C34H54N2O7S2Si2. The minimum atomic E-state index is -3.50. The van der Waals surface area contributed by atoms with E-state index in [-0.39, 0.29) is 10.1 Å². The van der Waals surface area contributed by atoms with E-state index in [0.29, 0.717) is 49.0 Å². The molecule has 0 bridgehead atoms. The highest BCUT2D eigenvalue weighted by molar-refractivity contribution is 7.92. The molecule has 0 unspecified atom stereocenters. The van der Waals surface area contributed by atoms with Crippen molar-refractivity contribution < 1.29 is 30.1 Å². The predicted octanol–water partition coefficient (Wildman–Crippen LogP) is 8.49. The van der Waals surface area contributed by atoms with E-state index < -0.39 is 36.7 Å². The number of sulfonamides is 2. The Bertz CT molecular complexity index is 1640. The second-order valence-electron chi connectivity index (χ2n) is 15.4. The smallest absolute Gasteiger partial charge is 0.229 e. The quantitative estimate of drug-likeness (QED) is 0.160. The molecule has 1 aromatic heterocycles. The molecule has 0 atom stereocenters. The zero-order valence-corrected chi connectivity index (χ0v) is 33.8. The summed E-state index contributed by atoms with van der Waals surface area (Å²) in [6.45, 7) is 23.1. The molecule has 0 aliphatic carbocycles. The van der Waals surface area contributed by atoms with Crippen LogP contribution in [0.2, 0.25) is 36.3 Å². The lowest BCUT2D eigenvalue weighted by Crippen LogP contribution is -2.41. The number of benzene rings is 2. The number of hydrogen-bond acceptors (Lipinski definition) is 7. The standard InChI is InChI=1S/C34H54N2O7S2Si2/c1-33(2,3)46(9,10)41-21-19-25-13-15-27(35-44(7,37)38)23-29(25)31-17-18-32(43-31)30-24-28(36-45(8,39)40)16-14-26(30)20-22-42-47(11,12)34(4,5)6/h13-18,23-24,35-36H,19-22H2,1-12H3. The molecule has 3 rings (SSSR count). The molecule has 2 N–H and O–H groups in total. The first-order valence-corrected chi connectivity index (χ1v) is 25.5. The summed E-state index contributed by atoms with van der Waals surface area (Å²) >= 11 is 0. The summed E-state index contributed by atoms with van der Waals surface area (Å²) in [5.41, 5.74) is 4.27. The molecule has 1 heterocycles. The first kappa shape index (κ1) is 39.0. The Labute approximate surface area is 285 Å². The van der Waals surface area contributed by atoms with E-state index >= 15 is 0 Å². The van der Waals surface area contributed by atoms with Crippen molar-refractivity contribution in [1.29, 1.82) is 0 Å². The van der Waals surface area contributed by atoms with E-state index in [9.17, 15) is 16.8 Å². The molecule has 0 amide bonds. The third kappa shape index (κ3) is 11.0. The van der Waals surface area contributed by atoms with E-state index in [0.717, 1.165) is 34.8 Å². The Balaban J connectivity index is 2.03. The van der Waals surface area contributed by atoms with E-state index in [1.165, 1.54) is 0 Å². The van der Waals surface area contributed by atoms with Crippen molar-refractivity contribution in [2.24, 2.45) is 0 Å². The summed E-state index contributed by atoms with van der Waals surface area (Å²) in [4.78, 5) is 0. The molecule has 0 aliphatic heterocycles. The molecule has 47 heavy (non-hydrogen) atoms. The van der Waals surface area contributed by atoms with Gasteiger partial charge >= 0.3 is 0 Å². The largest absolute Gasteiger partial charge is 0.456 e. The lowest BCUT2D eigenvalue weighted by Gasteiger charge is -2.36. The minimum Gasteiger partial charge on any atom is -0.456 e. The fraction of sp³-hybridized carbons (Fsp3) is 0.529. The minimum absolute atomic E-state index is 0.0724. The predicted molar refractivity (Wildman–Crippen MR) is 200 cm³/mol. The van der Waals surface area contributed by atoms with Crippen LogP contribution < -0.4 is 9.44 Å². The molecular weight excluding hydrogens is 669 g/mol. The van der Waals surface area contributed by atoms with E-state index in [4.69, 9.17) is 13.3 Å². The van der Waals surface area contributed by atoms with Crippen LogP contribution >= 0.6 is 0 Å². The first-order valence-electron chi connectivity index (χ1n) is 15.9. The normalized spacial score (nSPS) is 13.5. The highest BCUT2D eigenvalue weighted by atomic mass is 32.2. The second kappa shape index (κ2) is 14.2. The Morgan fingerprint density at radius 1 is 0.617 bits per heavy atom. The molecule has 0 radical (unpaired) electrons. The SMILES string of the molecule is CC(C)(C)[Si](C)(C)OCCc1ccc(NS(C)(=O)=O)cc1-c1ccc(-c2cc(NS(C)(=O)=O)ccc2CCO[Si](C)(C)C(C)(C)C)o1. The van der Waals surface area contributed by atoms with E-state index in [1.54, 1.807) is 24.3 Å². The van der Waals surface area contributed by atoms with Crippen molar-refractivity contribution >= 4 is 48.1 Å². The van der Waals surface area contributed by atoms with Crippen molar-refractivity contribution in [1.82, 2.24) is 0 Å². The van der Waals surface area contributed by atoms with Crippen LogP contribution in [0, 0.1) is 0 Å². The molecule has 0 spiro atoms. The van der Waals surface area contributed by atoms with Crippen molar-refractivity contribution in [2.75, 3.05) is 35.2 Å². The monoisotopic (exact) mass is 722 g/mol. The molecule has 0 fully saturated rings. The van der Waals surface area contributed by atoms with Gasteiger partial charge in [0.15, 0.2) is 16.6 Å². The average molecular weight is 723 g/mol. The Kier molecular flexibility index (Phi) is 11.8. The van der Waals surface area contributed by atoms with Crippen LogP contribution in [-0.2, 0) is 41.7 Å². The number of nitrogens with one attached hydrogen (secondary N) is 2. The van der Waals surface area contributed by atoms with Gasteiger partial charge in [-0.25, -0.2) is 16.8 Å². The van der Waals surface area contributed by atoms with Crippen LogP contribution in [0.1, 0.15) is 52.7 Å². The fourth-order valence-corrected chi connectivity index (χ4v) is 7.70. The highest BCUT2D eigenvalue weighted by Gasteiger charge is 2.38. The first-order chi connectivity index (χ1) is 21.3. The maximum atomic E-state index is 12.1. The van der Waals surface area contributed by atoms with Gasteiger partial charge in [0.05, 0.1) is 12.5 Å². The summed E-state index contributed by atoms with van der Waals surface area (Å²) in [6, 6.07) is 14.6. The molecule has 0 saturated heterocycles. The summed E-state index contributed by atoms with van der Waals surface area (Å²) in [7, 11) is -10.9. The third-order valence-corrected chi connectivity index (χ3v) is 19.5. The van der Waals surface area contributed by atoms with E-state index in [2.05, 4.69) is 77.2 Å².